The summed E-state index contributed by atoms with van der Waals surface area (Å²) in [6.07, 6.45) is 3.58. The molecule has 0 spiro atoms. The molecule has 1 aromatic carbocycles. The normalized spacial score (nSPS) is 14.3. The Bertz CT molecular complexity index is 906. The summed E-state index contributed by atoms with van der Waals surface area (Å²) in [5.41, 5.74) is -0.158. The number of aliphatic hydroxyl groups is 1. The van der Waals surface area contributed by atoms with Crippen LogP contribution in [0.4, 0.5) is 8.78 Å². The van der Waals surface area contributed by atoms with Crippen molar-refractivity contribution in [2.75, 3.05) is 13.8 Å². The molecule has 2 heterocycles. The molecule has 3 aromatic rings. The Morgan fingerprint density at radius 3 is 2.67 bits per heavy atom. The first-order chi connectivity index (χ1) is 12.8. The van der Waals surface area contributed by atoms with Gasteiger partial charge < -0.3 is 14.8 Å². The number of H-pyrrole nitrogens is 1. The molecule has 0 saturated heterocycles. The minimum atomic E-state index is -1.60. The molecule has 0 aliphatic rings. The van der Waals surface area contributed by atoms with E-state index in [9.17, 15) is 13.9 Å². The number of alkyl halides is 1. The molecule has 1 atom stereocenters. The number of aromatic amines is 1. The van der Waals surface area contributed by atoms with E-state index < -0.39 is 23.5 Å². The number of nitrogens with one attached hydrogen (secondary N) is 1. The highest BCUT2D eigenvalue weighted by Gasteiger charge is 2.38. The van der Waals surface area contributed by atoms with Gasteiger partial charge in [0.1, 0.15) is 18.2 Å². The third-order valence-electron chi connectivity index (χ3n) is 4.91. The molecule has 0 amide bonds. The van der Waals surface area contributed by atoms with Crippen LogP contribution >= 0.6 is 0 Å². The highest BCUT2D eigenvalue weighted by molar-refractivity contribution is 5.79. The van der Waals surface area contributed by atoms with Crippen molar-refractivity contribution < 1.29 is 18.6 Å². The maximum atomic E-state index is 13.9. The number of pyridine rings is 1. The Morgan fingerprint density at radius 2 is 2.00 bits per heavy atom. The molecule has 2 aromatic heterocycles. The van der Waals surface area contributed by atoms with Gasteiger partial charge in [-0.1, -0.05) is 13.8 Å². The number of benzene rings is 1. The topological polar surface area (TPSA) is 58.1 Å². The lowest BCUT2D eigenvalue weighted by atomic mass is 9.74. The molecule has 144 valence electrons. The molecular formula is C21H24F2N2O2. The lowest BCUT2D eigenvalue weighted by molar-refractivity contribution is -0.00949. The molecule has 3 rings (SSSR count). The Balaban J connectivity index is 1.88. The van der Waals surface area contributed by atoms with E-state index in [0.717, 1.165) is 16.6 Å². The van der Waals surface area contributed by atoms with Crippen LogP contribution in [0.3, 0.4) is 0 Å². The Morgan fingerprint density at radius 1 is 1.22 bits per heavy atom. The van der Waals surface area contributed by atoms with Gasteiger partial charge in [-0.15, -0.1) is 0 Å². The summed E-state index contributed by atoms with van der Waals surface area (Å²) in [5.74, 6) is 0.116. The molecule has 0 fully saturated rings. The highest BCUT2D eigenvalue weighted by atomic mass is 19.1. The zero-order valence-corrected chi connectivity index (χ0v) is 15.7. The van der Waals surface area contributed by atoms with Gasteiger partial charge in [-0.2, -0.15) is 0 Å². The minimum absolute atomic E-state index is 0.101. The maximum absolute atomic E-state index is 13.9. The van der Waals surface area contributed by atoms with E-state index >= 15 is 0 Å². The number of hydrogen-bond acceptors (Lipinski definition) is 3. The minimum Gasteiger partial charge on any atom is -0.496 e. The second-order valence-electron chi connectivity index (χ2n) is 7.70. The van der Waals surface area contributed by atoms with Crippen LogP contribution in [0, 0.1) is 5.82 Å². The van der Waals surface area contributed by atoms with E-state index in [4.69, 9.17) is 4.74 Å². The molecule has 0 bridgehead atoms. The fourth-order valence-corrected chi connectivity index (χ4v) is 3.77. The molecule has 0 aliphatic heterocycles. The van der Waals surface area contributed by atoms with Gasteiger partial charge >= 0.3 is 0 Å². The monoisotopic (exact) mass is 374 g/mol. The van der Waals surface area contributed by atoms with Crippen molar-refractivity contribution in [3.8, 4) is 5.75 Å². The van der Waals surface area contributed by atoms with Crippen LogP contribution in [0.1, 0.15) is 31.5 Å². The van der Waals surface area contributed by atoms with Gasteiger partial charge in [0.25, 0.3) is 0 Å². The van der Waals surface area contributed by atoms with Crippen LogP contribution in [-0.2, 0) is 11.8 Å². The third-order valence-corrected chi connectivity index (χ3v) is 4.91. The van der Waals surface area contributed by atoms with E-state index in [0.29, 0.717) is 11.3 Å². The SMILES string of the molecule is COc1ccc(F)cc1C(C)(C)CC(O)(CF)Cc1cc2ccncc2[nH]1. The van der Waals surface area contributed by atoms with Gasteiger partial charge in [0, 0.05) is 29.3 Å². The average Bonchev–Trinajstić information content (AvgIpc) is 3.03. The van der Waals surface area contributed by atoms with Crippen LogP contribution < -0.4 is 4.74 Å². The molecule has 27 heavy (non-hydrogen) atoms. The smallest absolute Gasteiger partial charge is 0.123 e. The first-order valence-electron chi connectivity index (χ1n) is 8.80. The Kier molecular flexibility index (Phi) is 5.20. The summed E-state index contributed by atoms with van der Waals surface area (Å²) in [4.78, 5) is 7.22. The van der Waals surface area contributed by atoms with E-state index in [1.807, 2.05) is 26.0 Å². The fraction of sp³-hybridized carbons (Fsp3) is 0.381. The Hall–Kier alpha value is -2.47. The molecule has 0 saturated carbocycles. The van der Waals surface area contributed by atoms with Crippen molar-refractivity contribution in [2.45, 2.75) is 37.7 Å². The molecule has 4 nitrogen and oxygen atoms in total. The van der Waals surface area contributed by atoms with Gasteiger partial charge in [0.2, 0.25) is 0 Å². The summed E-state index contributed by atoms with van der Waals surface area (Å²) < 4.78 is 33.0. The molecule has 1 unspecified atom stereocenters. The van der Waals surface area contributed by atoms with Crippen molar-refractivity contribution in [1.82, 2.24) is 9.97 Å². The fourth-order valence-electron chi connectivity index (χ4n) is 3.77. The summed E-state index contributed by atoms with van der Waals surface area (Å²) in [5, 5.41) is 11.9. The number of halogens is 2. The van der Waals surface area contributed by atoms with Crippen LogP contribution in [0.25, 0.3) is 10.9 Å². The highest BCUT2D eigenvalue weighted by Crippen LogP contribution is 2.39. The van der Waals surface area contributed by atoms with Crippen molar-refractivity contribution >= 4 is 10.9 Å². The van der Waals surface area contributed by atoms with Crippen molar-refractivity contribution in [3.05, 3.63) is 59.8 Å². The molecular weight excluding hydrogens is 350 g/mol. The number of ether oxygens (including phenoxy) is 1. The van der Waals surface area contributed by atoms with Crippen molar-refractivity contribution in [1.29, 1.82) is 0 Å². The van der Waals surface area contributed by atoms with Gasteiger partial charge in [-0.05, 0) is 42.2 Å². The van der Waals surface area contributed by atoms with E-state index in [1.165, 1.54) is 19.2 Å². The number of aromatic nitrogens is 2. The Labute approximate surface area is 157 Å². The zero-order valence-electron chi connectivity index (χ0n) is 15.7. The summed E-state index contributed by atoms with van der Waals surface area (Å²) in [6.45, 7) is 2.78. The number of nitrogens with zero attached hydrogens (tertiary/aromatic N) is 1. The van der Waals surface area contributed by atoms with Gasteiger partial charge in [-0.25, -0.2) is 8.78 Å². The lowest BCUT2D eigenvalue weighted by Gasteiger charge is -2.35. The molecule has 6 heteroatoms. The number of hydrogen-bond donors (Lipinski definition) is 2. The van der Waals surface area contributed by atoms with Crippen LogP contribution in [0.5, 0.6) is 5.75 Å². The number of rotatable bonds is 7. The maximum Gasteiger partial charge on any atom is 0.123 e. The van der Waals surface area contributed by atoms with Crippen LogP contribution in [0.2, 0.25) is 0 Å². The largest absolute Gasteiger partial charge is 0.496 e. The summed E-state index contributed by atoms with van der Waals surface area (Å²) in [7, 11) is 1.51. The lowest BCUT2D eigenvalue weighted by Crippen LogP contribution is -2.41. The van der Waals surface area contributed by atoms with E-state index in [1.54, 1.807) is 18.5 Å². The van der Waals surface area contributed by atoms with Crippen LogP contribution in [-0.4, -0.2) is 34.5 Å². The predicted molar refractivity (Wildman–Crippen MR) is 101 cm³/mol. The average molecular weight is 374 g/mol. The number of fused-ring (bicyclic) bond motifs is 1. The molecule has 0 aliphatic carbocycles. The van der Waals surface area contributed by atoms with Crippen LogP contribution in [0.15, 0.2) is 42.7 Å². The third kappa shape index (κ3) is 4.11. The van der Waals surface area contributed by atoms with E-state index in [-0.39, 0.29) is 12.8 Å². The first kappa shape index (κ1) is 19.3. The number of methoxy groups -OCH3 is 1. The van der Waals surface area contributed by atoms with Gasteiger partial charge in [-0.3, -0.25) is 4.98 Å². The molecule has 0 radical (unpaired) electrons. The predicted octanol–water partition coefficient (Wildman–Crippen LogP) is 4.32. The summed E-state index contributed by atoms with van der Waals surface area (Å²) in [6, 6.07) is 7.98. The van der Waals surface area contributed by atoms with E-state index in [2.05, 4.69) is 9.97 Å². The standard InChI is InChI=1S/C21H24F2N2O2/c1-20(2,17-9-15(23)4-5-19(17)27-3)12-21(26,13-22)10-16-8-14-6-7-24-11-18(14)25-16/h4-9,11,25-26H,10,12-13H2,1-3H3. The second-order valence-corrected chi connectivity index (χ2v) is 7.70. The van der Waals surface area contributed by atoms with Crippen molar-refractivity contribution in [2.24, 2.45) is 0 Å². The summed E-state index contributed by atoms with van der Waals surface area (Å²) >= 11 is 0. The quantitative estimate of drug-likeness (QED) is 0.647. The van der Waals surface area contributed by atoms with Crippen molar-refractivity contribution in [3.63, 3.8) is 0 Å². The zero-order chi connectivity index (χ0) is 19.7. The second kappa shape index (κ2) is 7.27. The van der Waals surface area contributed by atoms with Gasteiger partial charge in [0.15, 0.2) is 0 Å². The van der Waals surface area contributed by atoms with Gasteiger partial charge in [0.05, 0.1) is 24.4 Å². The molecule has 2 N–H and O–H groups in total. The first-order valence-corrected chi connectivity index (χ1v) is 8.80.